The van der Waals surface area contributed by atoms with Crippen LogP contribution in [0.3, 0.4) is 0 Å². The fourth-order valence-electron chi connectivity index (χ4n) is 2.28. The lowest BCUT2D eigenvalue weighted by Crippen LogP contribution is -2.34. The second-order valence-corrected chi connectivity index (χ2v) is 4.38. The number of ether oxygens (including phenoxy) is 4. The Morgan fingerprint density at radius 3 is 2.71 bits per heavy atom. The van der Waals surface area contributed by atoms with Crippen LogP contribution in [-0.2, 0) is 18.9 Å². The number of halogens is 1. The van der Waals surface area contributed by atoms with Crippen LogP contribution in [0.1, 0.15) is 13.8 Å². The normalized spacial score (nSPS) is 54.6. The Kier molecular flexibility index (Phi) is 1.72. The van der Waals surface area contributed by atoms with Crippen molar-refractivity contribution in [3.8, 4) is 0 Å². The van der Waals surface area contributed by atoms with Gasteiger partial charge in [0.25, 0.3) is 0 Å². The van der Waals surface area contributed by atoms with Gasteiger partial charge in [0, 0.05) is 0 Å². The van der Waals surface area contributed by atoms with Crippen molar-refractivity contribution in [2.75, 3.05) is 6.61 Å². The van der Waals surface area contributed by atoms with Crippen molar-refractivity contribution in [1.82, 2.24) is 0 Å². The van der Waals surface area contributed by atoms with Gasteiger partial charge in [-0.1, -0.05) is 0 Å². The van der Waals surface area contributed by atoms with E-state index in [9.17, 15) is 4.39 Å². The molecule has 3 aliphatic heterocycles. The van der Waals surface area contributed by atoms with Gasteiger partial charge in [0.2, 0.25) is 0 Å². The lowest BCUT2D eigenvalue weighted by atomic mass is 10.1. The summed E-state index contributed by atoms with van der Waals surface area (Å²) in [5, 5.41) is 0. The fourth-order valence-corrected chi connectivity index (χ4v) is 2.28. The zero-order chi connectivity index (χ0) is 9.92. The molecule has 0 spiro atoms. The second kappa shape index (κ2) is 2.66. The molecule has 5 atom stereocenters. The Balaban J connectivity index is 1.80. The summed E-state index contributed by atoms with van der Waals surface area (Å²) < 4.78 is 35.0. The zero-order valence-electron chi connectivity index (χ0n) is 8.10. The highest BCUT2D eigenvalue weighted by Crippen LogP contribution is 2.42. The van der Waals surface area contributed by atoms with Crippen molar-refractivity contribution >= 4 is 0 Å². The van der Waals surface area contributed by atoms with Crippen molar-refractivity contribution in [1.29, 1.82) is 0 Å². The smallest absolute Gasteiger partial charge is 0.190 e. The van der Waals surface area contributed by atoms with Gasteiger partial charge in [0.15, 0.2) is 18.2 Å². The van der Waals surface area contributed by atoms with Gasteiger partial charge in [0.05, 0.1) is 6.61 Å². The van der Waals surface area contributed by atoms with E-state index in [-0.39, 0.29) is 18.8 Å². The molecule has 0 saturated carbocycles. The van der Waals surface area contributed by atoms with Crippen LogP contribution >= 0.6 is 0 Å². The molecule has 3 saturated heterocycles. The highest BCUT2D eigenvalue weighted by molar-refractivity contribution is 5.00. The van der Waals surface area contributed by atoms with Crippen LogP contribution in [0.15, 0.2) is 0 Å². The van der Waals surface area contributed by atoms with Crippen molar-refractivity contribution < 1.29 is 23.3 Å². The summed E-state index contributed by atoms with van der Waals surface area (Å²) >= 11 is 0. The van der Waals surface area contributed by atoms with Crippen molar-refractivity contribution in [2.45, 2.75) is 50.4 Å². The Labute approximate surface area is 81.3 Å². The van der Waals surface area contributed by atoms with E-state index in [0.29, 0.717) is 0 Å². The summed E-state index contributed by atoms with van der Waals surface area (Å²) in [6.07, 6.45) is -2.63. The van der Waals surface area contributed by atoms with E-state index in [1.54, 1.807) is 0 Å². The zero-order valence-corrected chi connectivity index (χ0v) is 8.10. The third kappa shape index (κ3) is 1.13. The van der Waals surface area contributed by atoms with Gasteiger partial charge < -0.3 is 18.9 Å². The number of hydrogen-bond acceptors (Lipinski definition) is 4. The molecule has 0 aromatic carbocycles. The van der Waals surface area contributed by atoms with Gasteiger partial charge in [-0.15, -0.1) is 0 Å². The van der Waals surface area contributed by atoms with Crippen LogP contribution in [0.2, 0.25) is 0 Å². The number of alkyl halides is 1. The van der Waals surface area contributed by atoms with Crippen molar-refractivity contribution in [3.05, 3.63) is 0 Å². The molecule has 5 heteroatoms. The molecule has 80 valence electrons. The predicted molar refractivity (Wildman–Crippen MR) is 43.3 cm³/mol. The predicted octanol–water partition coefficient (Wildman–Crippen LogP) is 0.600. The lowest BCUT2D eigenvalue weighted by Gasteiger charge is -2.21. The number of hydrogen-bond donors (Lipinski definition) is 0. The molecule has 3 aliphatic rings. The number of rotatable bonds is 0. The SMILES string of the molecule is CC1(C)O[C@H]2O[C@H]3[C@H](OC[C@H]3F)[C@H]2O1. The molecule has 3 heterocycles. The summed E-state index contributed by atoms with van der Waals surface area (Å²) in [7, 11) is 0. The monoisotopic (exact) mass is 204 g/mol. The Morgan fingerprint density at radius 2 is 1.93 bits per heavy atom. The minimum atomic E-state index is -1.05. The third-order valence-electron chi connectivity index (χ3n) is 2.83. The summed E-state index contributed by atoms with van der Waals surface area (Å²) in [5.41, 5.74) is 0. The largest absolute Gasteiger partial charge is 0.369 e. The molecule has 14 heavy (non-hydrogen) atoms. The first-order valence-corrected chi connectivity index (χ1v) is 4.84. The van der Waals surface area contributed by atoms with Crippen molar-refractivity contribution in [3.63, 3.8) is 0 Å². The maximum Gasteiger partial charge on any atom is 0.190 e. The van der Waals surface area contributed by atoms with Crippen LogP contribution in [0.4, 0.5) is 4.39 Å². The molecule has 0 aromatic heterocycles. The standard InChI is InChI=1S/C9H13FO4/c1-9(2)13-7-6-5(4(10)3-11-6)12-8(7)14-9/h4-8H,3H2,1-2H3/t4-,5-,6+,7-,8-/m1/s1. The van der Waals surface area contributed by atoms with E-state index < -0.39 is 24.4 Å². The van der Waals surface area contributed by atoms with Gasteiger partial charge in [-0.2, -0.15) is 0 Å². The first kappa shape index (κ1) is 9.03. The fraction of sp³-hybridized carbons (Fsp3) is 1.00. The molecule has 0 bridgehead atoms. The van der Waals surface area contributed by atoms with E-state index in [0.717, 1.165) is 0 Å². The Bertz CT molecular complexity index is 257. The molecule has 0 unspecified atom stereocenters. The van der Waals surface area contributed by atoms with E-state index in [4.69, 9.17) is 18.9 Å². The average Bonchev–Trinajstić information content (AvgIpc) is 2.63. The second-order valence-electron chi connectivity index (χ2n) is 4.38. The highest BCUT2D eigenvalue weighted by Gasteiger charge is 2.59. The van der Waals surface area contributed by atoms with E-state index in [1.165, 1.54) is 0 Å². The molecule has 0 aromatic rings. The van der Waals surface area contributed by atoms with Crippen LogP contribution in [0, 0.1) is 0 Å². The van der Waals surface area contributed by atoms with Gasteiger partial charge in [0.1, 0.15) is 18.3 Å². The van der Waals surface area contributed by atoms with Gasteiger partial charge in [-0.25, -0.2) is 4.39 Å². The molecule has 3 fully saturated rings. The van der Waals surface area contributed by atoms with Gasteiger partial charge >= 0.3 is 0 Å². The minimum Gasteiger partial charge on any atom is -0.369 e. The van der Waals surface area contributed by atoms with E-state index in [2.05, 4.69) is 0 Å². The van der Waals surface area contributed by atoms with Crippen LogP contribution in [0.25, 0.3) is 0 Å². The average molecular weight is 204 g/mol. The van der Waals surface area contributed by atoms with E-state index in [1.807, 2.05) is 13.8 Å². The molecule has 0 amide bonds. The van der Waals surface area contributed by atoms with Crippen LogP contribution in [0.5, 0.6) is 0 Å². The summed E-state index contributed by atoms with van der Waals surface area (Å²) in [6, 6.07) is 0. The van der Waals surface area contributed by atoms with Crippen LogP contribution in [-0.4, -0.2) is 43.2 Å². The first-order valence-electron chi connectivity index (χ1n) is 4.84. The molecule has 0 aliphatic carbocycles. The minimum absolute atomic E-state index is 0.0995. The van der Waals surface area contributed by atoms with Gasteiger partial charge in [-0.05, 0) is 13.8 Å². The molecule has 4 nitrogen and oxygen atoms in total. The summed E-state index contributed by atoms with van der Waals surface area (Å²) in [6.45, 7) is 3.72. The maximum absolute atomic E-state index is 13.2. The van der Waals surface area contributed by atoms with Crippen molar-refractivity contribution in [2.24, 2.45) is 0 Å². The first-order chi connectivity index (χ1) is 6.57. The van der Waals surface area contributed by atoms with E-state index >= 15 is 0 Å². The third-order valence-corrected chi connectivity index (χ3v) is 2.83. The molecule has 3 rings (SSSR count). The quantitative estimate of drug-likeness (QED) is 0.579. The van der Waals surface area contributed by atoms with Gasteiger partial charge in [-0.3, -0.25) is 0 Å². The number of fused-ring (bicyclic) bond motifs is 3. The molecule has 0 N–H and O–H groups in total. The topological polar surface area (TPSA) is 36.9 Å². The summed E-state index contributed by atoms with van der Waals surface area (Å²) in [4.78, 5) is 0. The molecular formula is C9H13FO4. The molecule has 0 radical (unpaired) electrons. The molecular weight excluding hydrogens is 191 g/mol. The Morgan fingerprint density at radius 1 is 1.14 bits per heavy atom. The Hall–Kier alpha value is -0.230. The highest BCUT2D eigenvalue weighted by atomic mass is 19.1. The summed E-state index contributed by atoms with van der Waals surface area (Å²) in [5.74, 6) is -0.655. The lowest BCUT2D eigenvalue weighted by molar-refractivity contribution is -0.212. The van der Waals surface area contributed by atoms with Crippen LogP contribution < -0.4 is 0 Å². The maximum atomic E-state index is 13.2.